The predicted molar refractivity (Wildman–Crippen MR) is 106 cm³/mol. The minimum Gasteiger partial charge on any atom is -0.495 e. The molecule has 0 bridgehead atoms. The molecule has 1 saturated heterocycles. The standard InChI is InChI=1S/C19H22N4O2S/c1-11-9-23(10-12(2)25-11)19-18-16(22-26-19)6-14(8-21-18)13-4-5-15(20)17(7-13)24-3/h4-8,11-12H,9-10,20H2,1-3H3/t11-,12-/m1/s1. The van der Waals surface area contributed by atoms with Gasteiger partial charge in [0, 0.05) is 24.8 Å². The van der Waals surface area contributed by atoms with Crippen LogP contribution in [0.15, 0.2) is 30.5 Å². The molecule has 26 heavy (non-hydrogen) atoms. The molecule has 2 atom stereocenters. The van der Waals surface area contributed by atoms with Crippen LogP contribution in [-0.4, -0.2) is 41.8 Å². The van der Waals surface area contributed by atoms with E-state index in [0.29, 0.717) is 11.4 Å². The van der Waals surface area contributed by atoms with Gasteiger partial charge in [0.1, 0.15) is 21.8 Å². The number of ether oxygens (including phenoxy) is 2. The summed E-state index contributed by atoms with van der Waals surface area (Å²) in [5.74, 6) is 0.665. The first-order valence-corrected chi connectivity index (χ1v) is 9.42. The molecule has 0 radical (unpaired) electrons. The van der Waals surface area contributed by atoms with E-state index in [-0.39, 0.29) is 12.2 Å². The van der Waals surface area contributed by atoms with Crippen LogP contribution in [0.5, 0.6) is 5.75 Å². The fourth-order valence-electron chi connectivity index (χ4n) is 3.42. The van der Waals surface area contributed by atoms with Gasteiger partial charge in [0.15, 0.2) is 0 Å². The number of anilines is 2. The second-order valence-corrected chi connectivity index (χ2v) is 7.45. The van der Waals surface area contributed by atoms with Crippen molar-refractivity contribution < 1.29 is 9.47 Å². The van der Waals surface area contributed by atoms with E-state index in [0.717, 1.165) is 40.3 Å². The van der Waals surface area contributed by atoms with Crippen LogP contribution in [0.4, 0.5) is 10.7 Å². The minimum atomic E-state index is 0.206. The molecule has 2 N–H and O–H groups in total. The van der Waals surface area contributed by atoms with Crippen molar-refractivity contribution in [3.8, 4) is 16.9 Å². The first kappa shape index (κ1) is 17.1. The molecule has 0 aliphatic carbocycles. The van der Waals surface area contributed by atoms with Crippen molar-refractivity contribution in [3.63, 3.8) is 0 Å². The van der Waals surface area contributed by atoms with Crippen LogP contribution in [0.1, 0.15) is 13.8 Å². The second kappa shape index (κ2) is 6.74. The van der Waals surface area contributed by atoms with E-state index >= 15 is 0 Å². The lowest BCUT2D eigenvalue weighted by Gasteiger charge is -2.35. The summed E-state index contributed by atoms with van der Waals surface area (Å²) in [6, 6.07) is 7.82. The summed E-state index contributed by atoms with van der Waals surface area (Å²) in [5.41, 5.74) is 10.4. The summed E-state index contributed by atoms with van der Waals surface area (Å²) >= 11 is 1.50. The van der Waals surface area contributed by atoms with Gasteiger partial charge in [0.2, 0.25) is 0 Å². The number of hydrogen-bond donors (Lipinski definition) is 1. The van der Waals surface area contributed by atoms with E-state index in [2.05, 4.69) is 29.2 Å². The third-order valence-corrected chi connectivity index (χ3v) is 5.49. The van der Waals surface area contributed by atoms with Crippen molar-refractivity contribution in [3.05, 3.63) is 30.5 Å². The molecule has 3 heterocycles. The Kier molecular flexibility index (Phi) is 4.42. The van der Waals surface area contributed by atoms with Crippen molar-refractivity contribution in [2.24, 2.45) is 0 Å². The molecule has 0 amide bonds. The SMILES string of the molecule is COc1cc(-c2cnc3c(N4C[C@@H](C)O[C@H](C)C4)snc3c2)ccc1N. The average Bonchev–Trinajstić information content (AvgIpc) is 3.04. The summed E-state index contributed by atoms with van der Waals surface area (Å²) < 4.78 is 15.8. The van der Waals surface area contributed by atoms with Gasteiger partial charge in [-0.05, 0) is 49.1 Å². The number of hydrogen-bond acceptors (Lipinski definition) is 7. The molecule has 1 aliphatic heterocycles. The Morgan fingerprint density at radius 1 is 1.19 bits per heavy atom. The van der Waals surface area contributed by atoms with Crippen LogP contribution < -0.4 is 15.4 Å². The van der Waals surface area contributed by atoms with Crippen molar-refractivity contribution in [1.29, 1.82) is 0 Å². The van der Waals surface area contributed by atoms with Crippen LogP contribution in [-0.2, 0) is 4.74 Å². The van der Waals surface area contributed by atoms with E-state index < -0.39 is 0 Å². The number of methoxy groups -OCH3 is 1. The average molecular weight is 370 g/mol. The summed E-state index contributed by atoms with van der Waals surface area (Å²) in [6.07, 6.45) is 2.30. The Hall–Kier alpha value is -2.38. The van der Waals surface area contributed by atoms with Crippen LogP contribution in [0, 0.1) is 0 Å². The van der Waals surface area contributed by atoms with Gasteiger partial charge in [-0.25, -0.2) is 0 Å². The zero-order chi connectivity index (χ0) is 18.3. The van der Waals surface area contributed by atoms with E-state index in [4.69, 9.17) is 20.2 Å². The van der Waals surface area contributed by atoms with Crippen LogP contribution >= 0.6 is 11.5 Å². The van der Waals surface area contributed by atoms with Gasteiger partial charge in [0.25, 0.3) is 0 Å². The van der Waals surface area contributed by atoms with Gasteiger partial charge in [0.05, 0.1) is 25.0 Å². The number of pyridine rings is 1. The lowest BCUT2D eigenvalue weighted by Crippen LogP contribution is -2.45. The monoisotopic (exact) mass is 370 g/mol. The maximum absolute atomic E-state index is 5.91. The maximum atomic E-state index is 5.91. The minimum absolute atomic E-state index is 0.206. The molecule has 136 valence electrons. The zero-order valence-electron chi connectivity index (χ0n) is 15.1. The summed E-state index contributed by atoms with van der Waals surface area (Å²) in [4.78, 5) is 7.05. The second-order valence-electron chi connectivity index (χ2n) is 6.70. The zero-order valence-corrected chi connectivity index (χ0v) is 15.9. The molecular weight excluding hydrogens is 348 g/mol. The number of nitrogens with zero attached hydrogens (tertiary/aromatic N) is 3. The molecule has 1 fully saturated rings. The largest absolute Gasteiger partial charge is 0.495 e. The fraction of sp³-hybridized carbons (Fsp3) is 0.368. The summed E-state index contributed by atoms with van der Waals surface area (Å²) in [6.45, 7) is 5.93. The fourth-order valence-corrected chi connectivity index (χ4v) is 4.26. The Balaban J connectivity index is 1.69. The van der Waals surface area contributed by atoms with E-state index in [1.807, 2.05) is 24.4 Å². The molecule has 0 unspecified atom stereocenters. The van der Waals surface area contributed by atoms with Crippen LogP contribution in [0.25, 0.3) is 22.2 Å². The first-order chi connectivity index (χ1) is 12.5. The molecule has 2 aromatic heterocycles. The maximum Gasteiger partial charge on any atom is 0.142 e. The molecule has 7 heteroatoms. The van der Waals surface area contributed by atoms with Crippen molar-refractivity contribution in [1.82, 2.24) is 9.36 Å². The van der Waals surface area contributed by atoms with Crippen molar-refractivity contribution >= 4 is 33.3 Å². The summed E-state index contributed by atoms with van der Waals surface area (Å²) in [7, 11) is 1.62. The van der Waals surface area contributed by atoms with E-state index in [1.165, 1.54) is 11.5 Å². The number of aromatic nitrogens is 2. The van der Waals surface area contributed by atoms with Crippen molar-refractivity contribution in [2.45, 2.75) is 26.1 Å². The summed E-state index contributed by atoms with van der Waals surface area (Å²) in [5, 5.41) is 1.11. The van der Waals surface area contributed by atoms with E-state index in [9.17, 15) is 0 Å². The molecule has 6 nitrogen and oxygen atoms in total. The number of nitrogen functional groups attached to an aromatic ring is 1. The lowest BCUT2D eigenvalue weighted by molar-refractivity contribution is -0.00494. The first-order valence-electron chi connectivity index (χ1n) is 8.65. The Bertz CT molecular complexity index is 932. The Morgan fingerprint density at radius 3 is 2.69 bits per heavy atom. The molecule has 0 saturated carbocycles. The van der Waals surface area contributed by atoms with Gasteiger partial charge in [-0.2, -0.15) is 4.37 Å². The molecule has 0 spiro atoms. The topological polar surface area (TPSA) is 73.5 Å². The Morgan fingerprint density at radius 2 is 1.96 bits per heavy atom. The lowest BCUT2D eigenvalue weighted by atomic mass is 10.1. The number of nitrogens with two attached hydrogens (primary N) is 1. The number of rotatable bonds is 3. The third kappa shape index (κ3) is 3.08. The number of benzene rings is 1. The van der Waals surface area contributed by atoms with Gasteiger partial charge >= 0.3 is 0 Å². The Labute approximate surface area is 156 Å². The molecule has 3 aromatic rings. The quantitative estimate of drug-likeness (QED) is 0.711. The van der Waals surface area contributed by atoms with E-state index in [1.54, 1.807) is 7.11 Å². The van der Waals surface area contributed by atoms with Crippen molar-refractivity contribution in [2.75, 3.05) is 30.8 Å². The van der Waals surface area contributed by atoms with Gasteiger partial charge in [-0.15, -0.1) is 0 Å². The highest BCUT2D eigenvalue weighted by atomic mass is 32.1. The van der Waals surface area contributed by atoms with Gasteiger partial charge in [-0.1, -0.05) is 6.07 Å². The normalized spacial score (nSPS) is 20.5. The van der Waals surface area contributed by atoms with Gasteiger partial charge < -0.3 is 20.1 Å². The van der Waals surface area contributed by atoms with Crippen LogP contribution in [0.2, 0.25) is 0 Å². The number of morpholine rings is 1. The third-order valence-electron chi connectivity index (χ3n) is 4.57. The highest BCUT2D eigenvalue weighted by Gasteiger charge is 2.25. The highest BCUT2D eigenvalue weighted by molar-refractivity contribution is 7.11. The molecular formula is C19H22N4O2S. The molecule has 1 aromatic carbocycles. The van der Waals surface area contributed by atoms with Crippen LogP contribution in [0.3, 0.4) is 0 Å². The predicted octanol–water partition coefficient (Wildman–Crippen LogP) is 3.56. The smallest absolute Gasteiger partial charge is 0.142 e. The molecule has 4 rings (SSSR count). The van der Waals surface area contributed by atoms with Gasteiger partial charge in [-0.3, -0.25) is 4.98 Å². The molecule has 1 aliphatic rings. The number of fused-ring (bicyclic) bond motifs is 1. The highest BCUT2D eigenvalue weighted by Crippen LogP contribution is 2.35.